The maximum atomic E-state index is 13.0. The zero-order valence-corrected chi connectivity index (χ0v) is 12.7. The molecule has 0 heterocycles. The first-order valence-corrected chi connectivity index (χ1v) is 6.68. The van der Waals surface area contributed by atoms with Gasteiger partial charge in [0.05, 0.1) is 6.42 Å². The molecule has 1 N–H and O–H groups in total. The van der Waals surface area contributed by atoms with E-state index >= 15 is 0 Å². The quantitative estimate of drug-likeness (QED) is 0.699. The van der Waals surface area contributed by atoms with E-state index in [1.807, 2.05) is 0 Å². The van der Waals surface area contributed by atoms with Crippen molar-refractivity contribution in [2.45, 2.75) is 51.6 Å². The van der Waals surface area contributed by atoms with Crippen LogP contribution in [0.1, 0.15) is 40.0 Å². The smallest absolute Gasteiger partial charge is 0.410 e. The molecule has 0 aromatic rings. The van der Waals surface area contributed by atoms with Gasteiger partial charge in [-0.05, 0) is 33.3 Å². The molecule has 7 heteroatoms. The number of carboxylic acids is 1. The van der Waals surface area contributed by atoms with E-state index in [-0.39, 0.29) is 25.9 Å². The second-order valence-electron chi connectivity index (χ2n) is 5.68. The van der Waals surface area contributed by atoms with Gasteiger partial charge in [-0.1, -0.05) is 6.58 Å². The number of amides is 1. The van der Waals surface area contributed by atoms with Crippen LogP contribution in [0.5, 0.6) is 0 Å². The molecule has 0 aromatic carbocycles. The van der Waals surface area contributed by atoms with Gasteiger partial charge in [-0.2, -0.15) is 0 Å². The number of nitrogens with zero attached hydrogens (tertiary/aromatic N) is 1. The zero-order valence-electron chi connectivity index (χ0n) is 12.7. The first-order valence-electron chi connectivity index (χ1n) is 6.68. The minimum atomic E-state index is -2.99. The summed E-state index contributed by atoms with van der Waals surface area (Å²) in [6.45, 7) is 7.98. The summed E-state index contributed by atoms with van der Waals surface area (Å²) in [7, 11) is 0. The third-order valence-electron chi connectivity index (χ3n) is 2.48. The van der Waals surface area contributed by atoms with Gasteiger partial charge in [0.15, 0.2) is 0 Å². The zero-order chi connectivity index (χ0) is 16.7. The van der Waals surface area contributed by atoms with Crippen LogP contribution in [0.4, 0.5) is 13.6 Å². The van der Waals surface area contributed by atoms with Crippen LogP contribution >= 0.6 is 0 Å². The summed E-state index contributed by atoms with van der Waals surface area (Å²) in [5.41, 5.74) is -0.733. The van der Waals surface area contributed by atoms with Gasteiger partial charge in [0.2, 0.25) is 0 Å². The van der Waals surface area contributed by atoms with Crippen LogP contribution < -0.4 is 0 Å². The number of rotatable bonds is 8. The van der Waals surface area contributed by atoms with Gasteiger partial charge in [-0.25, -0.2) is 13.6 Å². The second-order valence-corrected chi connectivity index (χ2v) is 5.68. The summed E-state index contributed by atoms with van der Waals surface area (Å²) in [4.78, 5) is 23.6. The summed E-state index contributed by atoms with van der Waals surface area (Å²) in [5.74, 6) is -4.06. The molecule has 0 fully saturated rings. The van der Waals surface area contributed by atoms with Crippen LogP contribution in [0.3, 0.4) is 0 Å². The number of hydrogen-bond acceptors (Lipinski definition) is 3. The predicted molar refractivity (Wildman–Crippen MR) is 74.4 cm³/mol. The van der Waals surface area contributed by atoms with Crippen molar-refractivity contribution in [2.75, 3.05) is 13.1 Å². The number of carbonyl (C=O) groups is 2. The van der Waals surface area contributed by atoms with Crippen LogP contribution in [-0.4, -0.2) is 46.7 Å². The van der Waals surface area contributed by atoms with Crippen molar-refractivity contribution in [3.8, 4) is 0 Å². The monoisotopic (exact) mass is 307 g/mol. The molecule has 0 aliphatic rings. The Morgan fingerprint density at radius 3 is 2.29 bits per heavy atom. The molecule has 1 amide bonds. The van der Waals surface area contributed by atoms with E-state index in [0.29, 0.717) is 6.08 Å². The first kappa shape index (κ1) is 19.3. The van der Waals surface area contributed by atoms with Gasteiger partial charge in [0.1, 0.15) is 5.60 Å². The van der Waals surface area contributed by atoms with Crippen LogP contribution in [0.2, 0.25) is 0 Å². The average Bonchev–Trinajstić information content (AvgIpc) is 2.30. The van der Waals surface area contributed by atoms with Gasteiger partial charge >= 0.3 is 12.1 Å². The Labute approximate surface area is 123 Å². The molecule has 0 aliphatic carbocycles. The number of aliphatic carboxylic acids is 1. The molecule has 0 aromatic heterocycles. The van der Waals surface area contributed by atoms with E-state index in [1.165, 1.54) is 0 Å². The number of hydrogen-bond donors (Lipinski definition) is 1. The summed E-state index contributed by atoms with van der Waals surface area (Å²) < 4.78 is 31.2. The summed E-state index contributed by atoms with van der Waals surface area (Å²) in [6, 6.07) is 0. The standard InChI is InChI=1S/C14H23F2NO4/c1-5-14(15,16)8-6-9-17(10-7-11(18)19)12(20)21-13(2,3)4/h5H,1,6-10H2,2-4H3,(H,18,19). The fourth-order valence-electron chi connectivity index (χ4n) is 1.46. The molecule has 21 heavy (non-hydrogen) atoms. The van der Waals surface area contributed by atoms with E-state index in [9.17, 15) is 18.4 Å². The van der Waals surface area contributed by atoms with E-state index in [0.717, 1.165) is 4.90 Å². The molecule has 0 rings (SSSR count). The van der Waals surface area contributed by atoms with Crippen LogP contribution in [-0.2, 0) is 9.53 Å². The third-order valence-corrected chi connectivity index (χ3v) is 2.48. The van der Waals surface area contributed by atoms with Crippen molar-refractivity contribution in [2.24, 2.45) is 0 Å². The number of halogens is 2. The van der Waals surface area contributed by atoms with Gasteiger partial charge in [-0.3, -0.25) is 4.79 Å². The maximum Gasteiger partial charge on any atom is 0.410 e. The molecule has 0 saturated carbocycles. The van der Waals surface area contributed by atoms with Gasteiger partial charge in [0, 0.05) is 19.5 Å². The van der Waals surface area contributed by atoms with Gasteiger partial charge < -0.3 is 14.7 Å². The lowest BCUT2D eigenvalue weighted by atomic mass is 10.1. The van der Waals surface area contributed by atoms with Crippen molar-refractivity contribution in [1.82, 2.24) is 4.90 Å². The van der Waals surface area contributed by atoms with E-state index in [2.05, 4.69) is 6.58 Å². The molecule has 122 valence electrons. The molecule has 0 spiro atoms. The highest BCUT2D eigenvalue weighted by Crippen LogP contribution is 2.21. The van der Waals surface area contributed by atoms with Crippen molar-refractivity contribution in [3.05, 3.63) is 12.7 Å². The van der Waals surface area contributed by atoms with Gasteiger partial charge in [-0.15, -0.1) is 0 Å². The molecular formula is C14H23F2NO4. The summed E-state index contributed by atoms with van der Waals surface area (Å²) >= 11 is 0. The molecule has 0 unspecified atom stereocenters. The lowest BCUT2D eigenvalue weighted by Gasteiger charge is -2.27. The Hall–Kier alpha value is -1.66. The Bertz CT molecular complexity index is 378. The van der Waals surface area contributed by atoms with E-state index in [4.69, 9.17) is 9.84 Å². The van der Waals surface area contributed by atoms with Crippen LogP contribution in [0.15, 0.2) is 12.7 Å². The van der Waals surface area contributed by atoms with Crippen LogP contribution in [0, 0.1) is 0 Å². The Morgan fingerprint density at radius 1 is 1.29 bits per heavy atom. The molecule has 0 atom stereocenters. The Kier molecular flexibility index (Phi) is 7.32. The molecule has 0 saturated heterocycles. The van der Waals surface area contributed by atoms with Gasteiger partial charge in [0.25, 0.3) is 5.92 Å². The SMILES string of the molecule is C=CC(F)(F)CCCN(CCC(=O)O)C(=O)OC(C)(C)C. The highest BCUT2D eigenvalue weighted by molar-refractivity contribution is 5.70. The van der Waals surface area contributed by atoms with Crippen molar-refractivity contribution in [1.29, 1.82) is 0 Å². The van der Waals surface area contributed by atoms with E-state index in [1.54, 1.807) is 20.8 Å². The number of ether oxygens (including phenoxy) is 1. The summed E-state index contributed by atoms with van der Waals surface area (Å²) in [5, 5.41) is 8.66. The molecule has 0 aliphatic heterocycles. The Balaban J connectivity index is 4.55. The number of carboxylic acid groups (broad SMARTS) is 1. The molecule has 0 bridgehead atoms. The van der Waals surface area contributed by atoms with E-state index < -0.39 is 30.0 Å². The lowest BCUT2D eigenvalue weighted by molar-refractivity contribution is -0.137. The fourth-order valence-corrected chi connectivity index (χ4v) is 1.46. The normalized spacial score (nSPS) is 11.9. The molecular weight excluding hydrogens is 284 g/mol. The molecule has 0 radical (unpaired) electrons. The highest BCUT2D eigenvalue weighted by Gasteiger charge is 2.26. The first-order chi connectivity index (χ1) is 9.47. The van der Waals surface area contributed by atoms with Crippen molar-refractivity contribution in [3.63, 3.8) is 0 Å². The fraction of sp³-hybridized carbons (Fsp3) is 0.714. The highest BCUT2D eigenvalue weighted by atomic mass is 19.3. The largest absolute Gasteiger partial charge is 0.481 e. The van der Waals surface area contributed by atoms with Crippen LogP contribution in [0.25, 0.3) is 0 Å². The lowest BCUT2D eigenvalue weighted by Crippen LogP contribution is -2.39. The number of allylic oxidation sites excluding steroid dienone is 1. The van der Waals surface area contributed by atoms with Crippen molar-refractivity contribution >= 4 is 12.1 Å². The number of carbonyl (C=O) groups excluding carboxylic acids is 1. The molecule has 5 nitrogen and oxygen atoms in total. The topological polar surface area (TPSA) is 66.8 Å². The number of alkyl halides is 2. The average molecular weight is 307 g/mol. The minimum absolute atomic E-state index is 0.00558. The Morgan fingerprint density at radius 2 is 1.86 bits per heavy atom. The minimum Gasteiger partial charge on any atom is -0.481 e. The second kappa shape index (κ2) is 7.95. The summed E-state index contributed by atoms with van der Waals surface area (Å²) in [6.07, 6.45) is -0.842. The van der Waals surface area contributed by atoms with Crippen molar-refractivity contribution < 1.29 is 28.2 Å². The maximum absolute atomic E-state index is 13.0. The third kappa shape index (κ3) is 9.81. The predicted octanol–water partition coefficient (Wildman–Crippen LogP) is 3.30.